The highest BCUT2D eigenvalue weighted by molar-refractivity contribution is 6.30. The maximum atomic E-state index is 6.13. The van der Waals surface area contributed by atoms with Crippen LogP contribution in [0.15, 0.2) is 18.2 Å². The van der Waals surface area contributed by atoms with Crippen molar-refractivity contribution in [2.45, 2.75) is 52.1 Å². The summed E-state index contributed by atoms with van der Waals surface area (Å²) in [6.45, 7) is 5.30. The summed E-state index contributed by atoms with van der Waals surface area (Å²) >= 11 is 6.13. The minimum Gasteiger partial charge on any atom is -0.371 e. The molecule has 0 unspecified atom stereocenters. The van der Waals surface area contributed by atoms with Crippen molar-refractivity contribution in [2.75, 3.05) is 11.9 Å². The van der Waals surface area contributed by atoms with E-state index >= 15 is 0 Å². The molecule has 1 fully saturated rings. The summed E-state index contributed by atoms with van der Waals surface area (Å²) in [7, 11) is 2.17. The van der Waals surface area contributed by atoms with Crippen molar-refractivity contribution < 1.29 is 0 Å². The Morgan fingerprint density at radius 1 is 1.32 bits per heavy atom. The van der Waals surface area contributed by atoms with Gasteiger partial charge in [-0.3, -0.25) is 0 Å². The van der Waals surface area contributed by atoms with Gasteiger partial charge in [0.2, 0.25) is 0 Å². The lowest BCUT2D eigenvalue weighted by molar-refractivity contribution is 0.222. The zero-order valence-electron chi connectivity index (χ0n) is 12.2. The van der Waals surface area contributed by atoms with Crippen molar-refractivity contribution in [1.29, 1.82) is 0 Å². The molecule has 2 rings (SSSR count). The predicted octanol–water partition coefficient (Wildman–Crippen LogP) is 4.20. The molecular formula is C16H25ClN2. The number of nitrogens with zero attached hydrogens (tertiary/aromatic N) is 1. The van der Waals surface area contributed by atoms with Gasteiger partial charge in [-0.25, -0.2) is 0 Å². The fourth-order valence-corrected chi connectivity index (χ4v) is 3.17. The van der Waals surface area contributed by atoms with E-state index in [1.807, 2.05) is 18.2 Å². The second kappa shape index (κ2) is 5.72. The molecule has 0 saturated heterocycles. The molecular weight excluding hydrogens is 256 g/mol. The Bertz CT molecular complexity index is 432. The van der Waals surface area contributed by atoms with Gasteiger partial charge in [0.05, 0.1) is 0 Å². The lowest BCUT2D eigenvalue weighted by Crippen LogP contribution is -2.37. The van der Waals surface area contributed by atoms with E-state index < -0.39 is 0 Å². The van der Waals surface area contributed by atoms with Gasteiger partial charge in [-0.2, -0.15) is 0 Å². The molecule has 3 heteroatoms. The Hall–Kier alpha value is -0.730. The van der Waals surface area contributed by atoms with Crippen LogP contribution in [0.3, 0.4) is 0 Å². The van der Waals surface area contributed by atoms with Gasteiger partial charge in [0, 0.05) is 30.3 Å². The topological polar surface area (TPSA) is 29.3 Å². The van der Waals surface area contributed by atoms with Crippen molar-refractivity contribution >= 4 is 17.3 Å². The smallest absolute Gasteiger partial charge is 0.0426 e. The molecule has 1 aromatic carbocycles. The molecule has 0 amide bonds. The maximum absolute atomic E-state index is 6.13. The van der Waals surface area contributed by atoms with Gasteiger partial charge in [-0.15, -0.1) is 0 Å². The summed E-state index contributed by atoms with van der Waals surface area (Å²) in [6.07, 6.45) is 5.08. The SMILES string of the molecule is CN(c1cc(Cl)ccc1CN)C1CCC(C)(C)CC1. The summed E-state index contributed by atoms with van der Waals surface area (Å²) in [5.41, 5.74) is 8.72. The summed E-state index contributed by atoms with van der Waals surface area (Å²) < 4.78 is 0. The van der Waals surface area contributed by atoms with Crippen molar-refractivity contribution in [3.63, 3.8) is 0 Å². The molecule has 19 heavy (non-hydrogen) atoms. The van der Waals surface area contributed by atoms with Crippen LogP contribution in [0.25, 0.3) is 0 Å². The monoisotopic (exact) mass is 280 g/mol. The standard InChI is InChI=1S/C16H25ClN2/c1-16(2)8-6-14(7-9-16)19(3)15-10-13(17)5-4-12(15)11-18/h4-5,10,14H,6-9,11,18H2,1-3H3. The molecule has 1 aliphatic rings. The third-order valence-corrected chi connectivity index (χ3v) is 4.74. The zero-order valence-corrected chi connectivity index (χ0v) is 13.0. The molecule has 0 bridgehead atoms. The van der Waals surface area contributed by atoms with E-state index in [-0.39, 0.29) is 0 Å². The Morgan fingerprint density at radius 2 is 1.95 bits per heavy atom. The average Bonchev–Trinajstić information content (AvgIpc) is 2.38. The Kier molecular flexibility index (Phi) is 4.42. The first-order valence-electron chi connectivity index (χ1n) is 7.14. The second-order valence-electron chi connectivity index (χ2n) is 6.48. The van der Waals surface area contributed by atoms with E-state index in [1.54, 1.807) is 0 Å². The van der Waals surface area contributed by atoms with Gasteiger partial charge in [0.15, 0.2) is 0 Å². The molecule has 0 aliphatic heterocycles. The van der Waals surface area contributed by atoms with Crippen molar-refractivity contribution in [3.05, 3.63) is 28.8 Å². The fraction of sp³-hybridized carbons (Fsp3) is 0.625. The highest BCUT2D eigenvalue weighted by atomic mass is 35.5. The zero-order chi connectivity index (χ0) is 14.0. The molecule has 1 aliphatic carbocycles. The van der Waals surface area contributed by atoms with Crippen LogP contribution >= 0.6 is 11.6 Å². The van der Waals surface area contributed by atoms with Crippen molar-refractivity contribution in [2.24, 2.45) is 11.1 Å². The number of halogens is 1. The van der Waals surface area contributed by atoms with E-state index in [1.165, 1.54) is 36.9 Å². The molecule has 0 spiro atoms. The van der Waals surface area contributed by atoms with Gasteiger partial charge in [0.25, 0.3) is 0 Å². The Morgan fingerprint density at radius 3 is 2.53 bits per heavy atom. The van der Waals surface area contributed by atoms with Crippen LogP contribution in [0, 0.1) is 5.41 Å². The average molecular weight is 281 g/mol. The van der Waals surface area contributed by atoms with Gasteiger partial charge in [0.1, 0.15) is 0 Å². The van der Waals surface area contributed by atoms with E-state index in [4.69, 9.17) is 17.3 Å². The van der Waals surface area contributed by atoms with Crippen LogP contribution in [0.4, 0.5) is 5.69 Å². The summed E-state index contributed by atoms with van der Waals surface area (Å²) in [6, 6.07) is 6.62. The first-order valence-corrected chi connectivity index (χ1v) is 7.52. The van der Waals surface area contributed by atoms with E-state index in [0.29, 0.717) is 18.0 Å². The van der Waals surface area contributed by atoms with Crippen LogP contribution in [0.2, 0.25) is 5.02 Å². The third kappa shape index (κ3) is 3.43. The molecule has 106 valence electrons. The molecule has 0 radical (unpaired) electrons. The Labute approximate surface area is 121 Å². The molecule has 0 heterocycles. The predicted molar refractivity (Wildman–Crippen MR) is 83.8 cm³/mol. The summed E-state index contributed by atoms with van der Waals surface area (Å²) in [5, 5.41) is 0.787. The van der Waals surface area contributed by atoms with Crippen molar-refractivity contribution in [3.8, 4) is 0 Å². The highest BCUT2D eigenvalue weighted by Crippen LogP contribution is 2.38. The number of benzene rings is 1. The Balaban J connectivity index is 2.16. The molecule has 2 N–H and O–H groups in total. The molecule has 0 atom stereocenters. The second-order valence-corrected chi connectivity index (χ2v) is 6.92. The number of hydrogen-bond donors (Lipinski definition) is 1. The molecule has 0 aromatic heterocycles. The summed E-state index contributed by atoms with van der Waals surface area (Å²) in [4.78, 5) is 2.38. The first-order chi connectivity index (χ1) is 8.93. The van der Waals surface area contributed by atoms with Crippen LogP contribution in [0.5, 0.6) is 0 Å². The maximum Gasteiger partial charge on any atom is 0.0426 e. The van der Waals surface area contributed by atoms with Crippen LogP contribution in [0.1, 0.15) is 45.1 Å². The van der Waals surface area contributed by atoms with E-state index in [2.05, 4.69) is 25.8 Å². The van der Waals surface area contributed by atoms with Gasteiger partial charge < -0.3 is 10.6 Å². The molecule has 1 saturated carbocycles. The first kappa shape index (κ1) is 14.7. The lowest BCUT2D eigenvalue weighted by Gasteiger charge is -2.40. The number of nitrogens with two attached hydrogens (primary N) is 1. The van der Waals surface area contributed by atoms with E-state index in [0.717, 1.165) is 5.02 Å². The van der Waals surface area contributed by atoms with Crippen molar-refractivity contribution in [1.82, 2.24) is 0 Å². The van der Waals surface area contributed by atoms with Gasteiger partial charge in [-0.1, -0.05) is 31.5 Å². The lowest BCUT2D eigenvalue weighted by atomic mass is 9.75. The largest absolute Gasteiger partial charge is 0.371 e. The van der Waals surface area contributed by atoms with E-state index in [9.17, 15) is 0 Å². The van der Waals surface area contributed by atoms with Crippen LogP contribution in [-0.4, -0.2) is 13.1 Å². The van der Waals surface area contributed by atoms with Gasteiger partial charge in [-0.05, 0) is 48.8 Å². The van der Waals surface area contributed by atoms with Crippen LogP contribution < -0.4 is 10.6 Å². The quantitative estimate of drug-likeness (QED) is 0.899. The third-order valence-electron chi connectivity index (χ3n) is 4.50. The minimum atomic E-state index is 0.502. The highest BCUT2D eigenvalue weighted by Gasteiger charge is 2.29. The van der Waals surface area contributed by atoms with Crippen LogP contribution in [-0.2, 0) is 6.54 Å². The summed E-state index contributed by atoms with van der Waals surface area (Å²) in [5.74, 6) is 0. The normalized spacial score (nSPS) is 19.4. The molecule has 2 nitrogen and oxygen atoms in total. The number of rotatable bonds is 3. The number of hydrogen-bond acceptors (Lipinski definition) is 2. The minimum absolute atomic E-state index is 0.502. The fourth-order valence-electron chi connectivity index (χ4n) is 3.01. The number of anilines is 1. The van der Waals surface area contributed by atoms with Gasteiger partial charge >= 0.3 is 0 Å². The molecule has 1 aromatic rings.